The van der Waals surface area contributed by atoms with Crippen LogP contribution in [0.2, 0.25) is 5.02 Å². The quantitative estimate of drug-likeness (QED) is 0.730. The first-order valence-corrected chi connectivity index (χ1v) is 5.87. The molecule has 1 aromatic carbocycles. The van der Waals surface area contributed by atoms with E-state index in [0.717, 1.165) is 10.8 Å². The molecule has 0 saturated carbocycles. The minimum Gasteiger partial charge on any atom is -0.399 e. The Morgan fingerprint density at radius 1 is 1.44 bits per heavy atom. The van der Waals surface area contributed by atoms with Crippen LogP contribution in [0.15, 0.2) is 24.4 Å². The summed E-state index contributed by atoms with van der Waals surface area (Å²) in [6.45, 7) is 2.39. The molecule has 1 heterocycles. The molecule has 18 heavy (non-hydrogen) atoms. The second kappa shape index (κ2) is 5.10. The van der Waals surface area contributed by atoms with E-state index in [9.17, 15) is 4.79 Å². The third-order valence-electron chi connectivity index (χ3n) is 2.39. The average Bonchev–Trinajstić information content (AvgIpc) is 2.28. The summed E-state index contributed by atoms with van der Waals surface area (Å²) in [5.74, 6) is 0.454. The van der Waals surface area contributed by atoms with E-state index in [4.69, 9.17) is 17.3 Å². The molecule has 94 valence electrons. The molecule has 2 aromatic rings. The van der Waals surface area contributed by atoms with Crippen molar-refractivity contribution in [3.63, 3.8) is 0 Å². The zero-order valence-electron chi connectivity index (χ0n) is 9.83. The Bertz CT molecular complexity index is 600. The number of rotatable bonds is 2. The highest BCUT2D eigenvalue weighted by molar-refractivity contribution is 6.35. The Kier molecular flexibility index (Phi) is 3.53. The topological polar surface area (TPSA) is 80.0 Å². The smallest absolute Gasteiger partial charge is 0.320 e. The summed E-state index contributed by atoms with van der Waals surface area (Å²) in [4.78, 5) is 15.5. The van der Waals surface area contributed by atoms with Gasteiger partial charge in [0.15, 0.2) is 0 Å². The van der Waals surface area contributed by atoms with Crippen molar-refractivity contribution in [2.75, 3.05) is 17.6 Å². The monoisotopic (exact) mass is 264 g/mol. The highest BCUT2D eigenvalue weighted by atomic mass is 35.5. The normalized spacial score (nSPS) is 10.3. The molecule has 4 N–H and O–H groups in total. The van der Waals surface area contributed by atoms with Gasteiger partial charge in [-0.05, 0) is 30.5 Å². The Morgan fingerprint density at radius 2 is 2.22 bits per heavy atom. The number of nitrogens with two attached hydrogens (primary N) is 1. The van der Waals surface area contributed by atoms with Gasteiger partial charge in [0.05, 0.1) is 5.02 Å². The molecule has 0 spiro atoms. The lowest BCUT2D eigenvalue weighted by Gasteiger charge is -2.07. The number of hydrogen-bond donors (Lipinski definition) is 3. The number of carbonyl (C=O) groups is 1. The third-order valence-corrected chi connectivity index (χ3v) is 2.70. The van der Waals surface area contributed by atoms with Crippen LogP contribution in [0.4, 0.5) is 16.3 Å². The molecular formula is C12H13ClN4O. The summed E-state index contributed by atoms with van der Waals surface area (Å²) in [6, 6.07) is 4.89. The van der Waals surface area contributed by atoms with Gasteiger partial charge in [0, 0.05) is 23.8 Å². The van der Waals surface area contributed by atoms with E-state index in [1.807, 2.05) is 6.92 Å². The van der Waals surface area contributed by atoms with Gasteiger partial charge in [-0.3, -0.25) is 5.32 Å². The van der Waals surface area contributed by atoms with Gasteiger partial charge < -0.3 is 11.1 Å². The minimum atomic E-state index is -0.292. The van der Waals surface area contributed by atoms with Crippen LogP contribution in [0, 0.1) is 0 Å². The summed E-state index contributed by atoms with van der Waals surface area (Å²) < 4.78 is 0. The van der Waals surface area contributed by atoms with Crippen LogP contribution in [0.3, 0.4) is 0 Å². The molecule has 0 bridgehead atoms. The van der Waals surface area contributed by atoms with Crippen molar-refractivity contribution in [2.24, 2.45) is 0 Å². The lowest BCUT2D eigenvalue weighted by atomic mass is 10.1. The molecule has 0 aliphatic heterocycles. The summed E-state index contributed by atoms with van der Waals surface area (Å²) in [6.07, 6.45) is 1.61. The second-order valence-corrected chi connectivity index (χ2v) is 4.19. The summed E-state index contributed by atoms with van der Waals surface area (Å²) in [5.41, 5.74) is 6.29. The number of pyridine rings is 1. The number of nitrogens with zero attached hydrogens (tertiary/aromatic N) is 1. The summed E-state index contributed by atoms with van der Waals surface area (Å²) in [5, 5.41) is 7.43. The number of hydrogen-bond acceptors (Lipinski definition) is 3. The minimum absolute atomic E-state index is 0.292. The van der Waals surface area contributed by atoms with Gasteiger partial charge in [-0.15, -0.1) is 0 Å². The molecule has 0 radical (unpaired) electrons. The van der Waals surface area contributed by atoms with Crippen molar-refractivity contribution in [3.05, 3.63) is 29.4 Å². The largest absolute Gasteiger partial charge is 0.399 e. The molecule has 6 heteroatoms. The van der Waals surface area contributed by atoms with E-state index in [0.29, 0.717) is 23.1 Å². The Balaban J connectivity index is 2.35. The standard InChI is InChI=1S/C12H13ClN4O/c1-2-15-12(18)17-11-4-7-3-8(14)5-10(13)9(7)6-16-11/h3-6H,2,14H2,1H3,(H2,15,16,17,18). The van der Waals surface area contributed by atoms with E-state index < -0.39 is 0 Å². The van der Waals surface area contributed by atoms with Gasteiger partial charge in [-0.1, -0.05) is 11.6 Å². The van der Waals surface area contributed by atoms with Crippen LogP contribution in [0.1, 0.15) is 6.92 Å². The molecule has 2 rings (SSSR count). The lowest BCUT2D eigenvalue weighted by molar-refractivity contribution is 0.252. The Morgan fingerprint density at radius 3 is 2.94 bits per heavy atom. The van der Waals surface area contributed by atoms with Crippen molar-refractivity contribution in [1.29, 1.82) is 0 Å². The summed E-state index contributed by atoms with van der Waals surface area (Å²) in [7, 11) is 0. The van der Waals surface area contributed by atoms with Gasteiger partial charge in [0.2, 0.25) is 0 Å². The molecule has 1 aromatic heterocycles. The fraction of sp³-hybridized carbons (Fsp3) is 0.167. The molecule has 0 atom stereocenters. The van der Waals surface area contributed by atoms with E-state index in [1.165, 1.54) is 0 Å². The van der Waals surface area contributed by atoms with Crippen molar-refractivity contribution in [2.45, 2.75) is 6.92 Å². The maximum atomic E-state index is 11.4. The number of nitrogen functional groups attached to an aromatic ring is 1. The number of nitrogens with one attached hydrogen (secondary N) is 2. The number of carbonyl (C=O) groups excluding carboxylic acids is 1. The molecule has 0 unspecified atom stereocenters. The summed E-state index contributed by atoms with van der Waals surface area (Å²) >= 11 is 6.05. The van der Waals surface area contributed by atoms with Crippen LogP contribution >= 0.6 is 11.6 Å². The first-order valence-electron chi connectivity index (χ1n) is 5.49. The van der Waals surface area contributed by atoms with Gasteiger partial charge in [0.25, 0.3) is 0 Å². The fourth-order valence-corrected chi connectivity index (χ4v) is 1.91. The fourth-order valence-electron chi connectivity index (χ4n) is 1.62. The molecule has 0 saturated heterocycles. The zero-order valence-corrected chi connectivity index (χ0v) is 10.6. The number of anilines is 2. The second-order valence-electron chi connectivity index (χ2n) is 3.78. The third kappa shape index (κ3) is 2.62. The van der Waals surface area contributed by atoms with Crippen LogP contribution in [-0.4, -0.2) is 17.6 Å². The van der Waals surface area contributed by atoms with E-state index in [-0.39, 0.29) is 6.03 Å². The average molecular weight is 265 g/mol. The first kappa shape index (κ1) is 12.4. The maximum Gasteiger partial charge on any atom is 0.320 e. The lowest BCUT2D eigenvalue weighted by Crippen LogP contribution is -2.28. The van der Waals surface area contributed by atoms with Crippen LogP contribution in [0.5, 0.6) is 0 Å². The Hall–Kier alpha value is -2.01. The van der Waals surface area contributed by atoms with Gasteiger partial charge in [-0.25, -0.2) is 9.78 Å². The molecule has 0 aliphatic rings. The molecular weight excluding hydrogens is 252 g/mol. The molecule has 2 amide bonds. The first-order chi connectivity index (χ1) is 8.60. The predicted molar refractivity (Wildman–Crippen MR) is 73.9 cm³/mol. The molecule has 0 fully saturated rings. The van der Waals surface area contributed by atoms with Crippen LogP contribution < -0.4 is 16.4 Å². The SMILES string of the molecule is CCNC(=O)Nc1cc2cc(N)cc(Cl)c2cn1. The van der Waals surface area contributed by atoms with E-state index in [1.54, 1.807) is 24.4 Å². The number of urea groups is 1. The number of aromatic nitrogens is 1. The molecule has 0 aliphatic carbocycles. The van der Waals surface area contributed by atoms with Crippen molar-refractivity contribution < 1.29 is 4.79 Å². The van der Waals surface area contributed by atoms with Crippen molar-refractivity contribution in [1.82, 2.24) is 10.3 Å². The van der Waals surface area contributed by atoms with Crippen LogP contribution in [-0.2, 0) is 0 Å². The van der Waals surface area contributed by atoms with Gasteiger partial charge in [0.1, 0.15) is 5.82 Å². The predicted octanol–water partition coefficient (Wildman–Crippen LogP) is 2.61. The van der Waals surface area contributed by atoms with E-state index >= 15 is 0 Å². The number of fused-ring (bicyclic) bond motifs is 1. The number of benzene rings is 1. The van der Waals surface area contributed by atoms with Crippen molar-refractivity contribution in [3.8, 4) is 0 Å². The number of amides is 2. The van der Waals surface area contributed by atoms with Crippen LogP contribution in [0.25, 0.3) is 10.8 Å². The Labute approximate surface area is 109 Å². The zero-order chi connectivity index (χ0) is 13.1. The van der Waals surface area contributed by atoms with Crippen molar-refractivity contribution >= 4 is 39.9 Å². The van der Waals surface area contributed by atoms with E-state index in [2.05, 4.69) is 15.6 Å². The number of halogens is 1. The molecule has 5 nitrogen and oxygen atoms in total. The van der Waals surface area contributed by atoms with Gasteiger partial charge >= 0.3 is 6.03 Å². The maximum absolute atomic E-state index is 11.4. The van der Waals surface area contributed by atoms with Gasteiger partial charge in [-0.2, -0.15) is 0 Å². The highest BCUT2D eigenvalue weighted by Gasteiger charge is 2.05. The highest BCUT2D eigenvalue weighted by Crippen LogP contribution is 2.27.